The topological polar surface area (TPSA) is 21.8 Å². The zero-order valence-electron chi connectivity index (χ0n) is 15.3. The third kappa shape index (κ3) is 8.54. The number of aryl methyl sites for hydroxylation is 1. The van der Waals surface area contributed by atoms with Crippen LogP contribution < -0.4 is 4.74 Å². The lowest BCUT2D eigenvalue weighted by Gasteiger charge is -2.10. The van der Waals surface area contributed by atoms with Crippen molar-refractivity contribution in [1.82, 2.24) is 0 Å². The number of hydrogen-bond acceptors (Lipinski definition) is 2. The molecule has 2 rings (SSSR count). The van der Waals surface area contributed by atoms with Gasteiger partial charge >= 0.3 is 0 Å². The van der Waals surface area contributed by atoms with E-state index in [9.17, 15) is 0 Å². The van der Waals surface area contributed by atoms with Crippen LogP contribution in [0.4, 0.5) is 0 Å². The van der Waals surface area contributed by atoms with Gasteiger partial charge < -0.3 is 9.47 Å². The molecule has 24 heavy (non-hydrogen) atoms. The first-order valence-electron chi connectivity index (χ1n) is 9.87. The van der Waals surface area contributed by atoms with Crippen molar-refractivity contribution < 1.29 is 9.47 Å². The molecule has 1 fully saturated rings. The monoisotopic (exact) mass is 330 g/mol. The van der Waals surface area contributed by atoms with Gasteiger partial charge in [0.2, 0.25) is 0 Å². The molecule has 0 amide bonds. The van der Waals surface area contributed by atoms with Crippen LogP contribution in [0.3, 0.4) is 0 Å². The van der Waals surface area contributed by atoms with Crippen LogP contribution in [0.5, 0.6) is 5.75 Å². The molecule has 1 aromatic rings. The lowest BCUT2D eigenvalue weighted by molar-refractivity contribution is 0.261. The summed E-state index contributed by atoms with van der Waals surface area (Å²) in [5.74, 6) is 1.03. The van der Waals surface area contributed by atoms with Crippen molar-refractivity contribution >= 4 is 0 Å². The standard InChI is InChI=1S/C22H34O2/c1-2-3-4-5-6-7-8-9-10-11-12-15-20-16-13-14-17-22(20)24-19-21-18-23-21/h9-10,13-14,16-17,21H,2-8,11-12,15,18-19H2,1H3/b10-9+. The number of epoxide rings is 1. The molecule has 0 aliphatic carbocycles. The molecule has 1 unspecified atom stereocenters. The molecule has 0 bridgehead atoms. The Hall–Kier alpha value is -1.28. The van der Waals surface area contributed by atoms with Gasteiger partial charge in [-0.3, -0.25) is 0 Å². The maximum atomic E-state index is 5.87. The summed E-state index contributed by atoms with van der Waals surface area (Å²) < 4.78 is 11.1. The van der Waals surface area contributed by atoms with E-state index in [0.29, 0.717) is 12.7 Å². The second-order valence-corrected chi connectivity index (χ2v) is 6.79. The quantitative estimate of drug-likeness (QED) is 0.234. The van der Waals surface area contributed by atoms with E-state index in [1.54, 1.807) is 0 Å². The van der Waals surface area contributed by atoms with Crippen LogP contribution in [0.1, 0.15) is 70.3 Å². The van der Waals surface area contributed by atoms with Crippen LogP contribution in [0.2, 0.25) is 0 Å². The Morgan fingerprint density at radius 1 is 1.00 bits per heavy atom. The van der Waals surface area contributed by atoms with Gasteiger partial charge in [-0.25, -0.2) is 0 Å². The van der Waals surface area contributed by atoms with Crippen LogP contribution in [-0.2, 0) is 11.2 Å². The Morgan fingerprint density at radius 2 is 1.71 bits per heavy atom. The van der Waals surface area contributed by atoms with Gasteiger partial charge in [0.1, 0.15) is 18.5 Å². The molecule has 1 saturated heterocycles. The second-order valence-electron chi connectivity index (χ2n) is 6.79. The summed E-state index contributed by atoms with van der Waals surface area (Å²) >= 11 is 0. The molecule has 1 aliphatic rings. The molecule has 0 spiro atoms. The highest BCUT2D eigenvalue weighted by molar-refractivity contribution is 5.33. The van der Waals surface area contributed by atoms with E-state index >= 15 is 0 Å². The molecule has 1 aromatic carbocycles. The van der Waals surface area contributed by atoms with Gasteiger partial charge in [0.15, 0.2) is 0 Å². The molecule has 2 nitrogen and oxygen atoms in total. The molecule has 0 saturated carbocycles. The molecule has 2 heteroatoms. The highest BCUT2D eigenvalue weighted by Gasteiger charge is 2.23. The Kier molecular flexibility index (Phi) is 9.63. The third-order valence-electron chi connectivity index (χ3n) is 4.51. The largest absolute Gasteiger partial charge is 0.491 e. The zero-order chi connectivity index (χ0) is 16.9. The van der Waals surface area contributed by atoms with Gasteiger partial charge in [0.25, 0.3) is 0 Å². The Bertz CT molecular complexity index is 463. The molecule has 1 heterocycles. The zero-order valence-corrected chi connectivity index (χ0v) is 15.3. The van der Waals surface area contributed by atoms with Crippen molar-refractivity contribution in [3.63, 3.8) is 0 Å². The predicted molar refractivity (Wildman–Crippen MR) is 102 cm³/mol. The van der Waals surface area contributed by atoms with Crippen LogP contribution in [-0.4, -0.2) is 19.3 Å². The van der Waals surface area contributed by atoms with E-state index < -0.39 is 0 Å². The van der Waals surface area contributed by atoms with E-state index in [1.807, 2.05) is 6.07 Å². The summed E-state index contributed by atoms with van der Waals surface area (Å²) in [6, 6.07) is 8.41. The molecule has 134 valence electrons. The average molecular weight is 331 g/mol. The Balaban J connectivity index is 1.52. The number of para-hydroxylation sites is 1. The fourth-order valence-electron chi connectivity index (χ4n) is 2.89. The molecule has 0 N–H and O–H groups in total. The number of rotatable bonds is 14. The van der Waals surface area contributed by atoms with E-state index in [2.05, 4.69) is 37.3 Å². The molecule has 0 aromatic heterocycles. The minimum absolute atomic E-state index is 0.322. The highest BCUT2D eigenvalue weighted by Crippen LogP contribution is 2.22. The lowest BCUT2D eigenvalue weighted by atomic mass is 10.1. The van der Waals surface area contributed by atoms with Gasteiger partial charge in [-0.15, -0.1) is 0 Å². The van der Waals surface area contributed by atoms with Crippen LogP contribution in [0, 0.1) is 0 Å². The van der Waals surface area contributed by atoms with Gasteiger partial charge in [0.05, 0.1) is 6.61 Å². The van der Waals surface area contributed by atoms with E-state index in [4.69, 9.17) is 9.47 Å². The molecule has 1 atom stereocenters. The minimum atomic E-state index is 0.322. The van der Waals surface area contributed by atoms with Crippen molar-refractivity contribution in [1.29, 1.82) is 0 Å². The van der Waals surface area contributed by atoms with Crippen LogP contribution in [0.25, 0.3) is 0 Å². The summed E-state index contributed by atoms with van der Waals surface area (Å²) in [6.07, 6.45) is 18.0. The lowest BCUT2D eigenvalue weighted by Crippen LogP contribution is -2.05. The summed E-state index contributed by atoms with van der Waals surface area (Å²) in [7, 11) is 0. The van der Waals surface area contributed by atoms with Gasteiger partial charge in [-0.2, -0.15) is 0 Å². The van der Waals surface area contributed by atoms with Crippen molar-refractivity contribution in [3.05, 3.63) is 42.0 Å². The first-order chi connectivity index (χ1) is 11.9. The fraction of sp³-hybridized carbons (Fsp3) is 0.636. The van der Waals surface area contributed by atoms with Crippen molar-refractivity contribution in [3.8, 4) is 5.75 Å². The maximum Gasteiger partial charge on any atom is 0.122 e. The number of allylic oxidation sites excluding steroid dienone is 2. The number of ether oxygens (including phenoxy) is 2. The Morgan fingerprint density at radius 3 is 2.50 bits per heavy atom. The first kappa shape index (κ1) is 19.1. The van der Waals surface area contributed by atoms with Crippen LogP contribution >= 0.6 is 0 Å². The third-order valence-corrected chi connectivity index (χ3v) is 4.51. The molecular weight excluding hydrogens is 296 g/mol. The fourth-order valence-corrected chi connectivity index (χ4v) is 2.89. The average Bonchev–Trinajstić information content (AvgIpc) is 3.43. The van der Waals surface area contributed by atoms with Gasteiger partial charge in [-0.1, -0.05) is 69.4 Å². The summed E-state index contributed by atoms with van der Waals surface area (Å²) in [5.41, 5.74) is 1.32. The molecular formula is C22H34O2. The summed E-state index contributed by atoms with van der Waals surface area (Å²) in [4.78, 5) is 0. The van der Waals surface area contributed by atoms with Gasteiger partial charge in [0, 0.05) is 0 Å². The first-order valence-corrected chi connectivity index (χ1v) is 9.87. The van der Waals surface area contributed by atoms with E-state index in [0.717, 1.165) is 25.2 Å². The molecule has 1 aliphatic heterocycles. The smallest absolute Gasteiger partial charge is 0.122 e. The second kappa shape index (κ2) is 12.1. The SMILES string of the molecule is CCCCCCCC/C=C/CCCc1ccccc1OCC1CO1. The highest BCUT2D eigenvalue weighted by atomic mass is 16.6. The molecule has 0 radical (unpaired) electrons. The Labute approximate surface area is 148 Å². The number of hydrogen-bond donors (Lipinski definition) is 0. The summed E-state index contributed by atoms with van der Waals surface area (Å²) in [5, 5.41) is 0. The number of benzene rings is 1. The van der Waals surface area contributed by atoms with Crippen molar-refractivity contribution in [2.24, 2.45) is 0 Å². The van der Waals surface area contributed by atoms with Crippen LogP contribution in [0.15, 0.2) is 36.4 Å². The maximum absolute atomic E-state index is 5.87. The predicted octanol–water partition coefficient (Wildman–Crippen LogP) is 6.09. The van der Waals surface area contributed by atoms with Gasteiger partial charge in [-0.05, 0) is 43.7 Å². The number of unbranched alkanes of at least 4 members (excludes halogenated alkanes) is 7. The van der Waals surface area contributed by atoms with Crippen molar-refractivity contribution in [2.45, 2.75) is 77.2 Å². The summed E-state index contributed by atoms with van der Waals surface area (Å²) in [6.45, 7) is 3.82. The van der Waals surface area contributed by atoms with E-state index in [-0.39, 0.29) is 0 Å². The van der Waals surface area contributed by atoms with E-state index in [1.165, 1.54) is 56.9 Å². The minimum Gasteiger partial charge on any atom is -0.491 e. The normalized spacial score (nSPS) is 16.6. The van der Waals surface area contributed by atoms with Crippen molar-refractivity contribution in [2.75, 3.05) is 13.2 Å².